The van der Waals surface area contributed by atoms with E-state index in [2.05, 4.69) is 15.1 Å². The van der Waals surface area contributed by atoms with Crippen molar-refractivity contribution in [1.82, 2.24) is 25.4 Å². The average molecular weight is 869 g/mol. The van der Waals surface area contributed by atoms with Crippen LogP contribution in [-0.4, -0.2) is 102 Å². The predicted molar refractivity (Wildman–Crippen MR) is 221 cm³/mol. The third kappa shape index (κ3) is 7.64. The first-order valence-electron chi connectivity index (χ1n) is 23.8. The average Bonchev–Trinajstić information content (AvgIpc) is 3.62. The molecule has 17 heteroatoms. The molecule has 4 amide bonds. The molecule has 1 unspecified atom stereocenters. The Morgan fingerprint density at radius 3 is 2.33 bits per heavy atom. The molecule has 4 fully saturated rings. The molecule has 322 valence electrons. The lowest BCUT2D eigenvalue weighted by atomic mass is 9.49. The molecule has 2 aromatic carbocycles. The zero-order valence-corrected chi connectivity index (χ0v) is 34.4. The molecule has 0 radical (unpaired) electrons. The lowest BCUT2D eigenvalue weighted by Crippen LogP contribution is -2.74. The molecular formula is C44H48ClF3N8O5. The summed E-state index contributed by atoms with van der Waals surface area (Å²) in [6, 6.07) is 6.46. The Morgan fingerprint density at radius 1 is 1.00 bits per heavy atom. The van der Waals surface area contributed by atoms with Gasteiger partial charge in [0.2, 0.25) is 17.5 Å². The van der Waals surface area contributed by atoms with E-state index in [1.54, 1.807) is 30.3 Å². The number of nitrogens with one attached hydrogen (secondary N) is 2. The Balaban J connectivity index is 0.932. The van der Waals surface area contributed by atoms with Gasteiger partial charge in [0.1, 0.15) is 29.4 Å². The molecule has 2 N–H and O–H groups in total. The van der Waals surface area contributed by atoms with Gasteiger partial charge in [0.15, 0.2) is 17.5 Å². The van der Waals surface area contributed by atoms with Crippen LogP contribution in [0.15, 0.2) is 36.5 Å². The molecule has 0 bridgehead atoms. The van der Waals surface area contributed by atoms with Gasteiger partial charge in [0, 0.05) is 86.2 Å². The van der Waals surface area contributed by atoms with Crippen molar-refractivity contribution in [2.45, 2.75) is 78.1 Å². The molecule has 5 heterocycles. The molecule has 61 heavy (non-hydrogen) atoms. The summed E-state index contributed by atoms with van der Waals surface area (Å²) in [6.07, 6.45) is 1.21. The van der Waals surface area contributed by atoms with Crippen LogP contribution in [-0.2, 0) is 16.1 Å². The number of nitrogens with zero attached hydrogens (tertiary/aromatic N) is 6. The Labute approximate surface area is 368 Å². The van der Waals surface area contributed by atoms with Crippen molar-refractivity contribution in [3.63, 3.8) is 0 Å². The second kappa shape index (κ2) is 16.1. The van der Waals surface area contributed by atoms with Crippen LogP contribution in [0.3, 0.4) is 0 Å². The fourth-order valence-electron chi connectivity index (χ4n) is 9.47. The van der Waals surface area contributed by atoms with Gasteiger partial charge in [-0.25, -0.2) is 23.0 Å². The molecule has 4 aliphatic heterocycles. The van der Waals surface area contributed by atoms with Crippen LogP contribution in [0.1, 0.15) is 90.6 Å². The van der Waals surface area contributed by atoms with Crippen LogP contribution < -0.4 is 25.2 Å². The van der Waals surface area contributed by atoms with Gasteiger partial charge >= 0.3 is 0 Å². The van der Waals surface area contributed by atoms with Gasteiger partial charge in [0.25, 0.3) is 11.8 Å². The molecule has 1 aliphatic carbocycles. The monoisotopic (exact) mass is 868 g/mol. The van der Waals surface area contributed by atoms with Crippen LogP contribution in [0, 0.1) is 40.8 Å². The van der Waals surface area contributed by atoms with Gasteiger partial charge in [-0.05, 0) is 49.4 Å². The maximum absolute atomic E-state index is 16.6. The first-order chi connectivity index (χ1) is 32.0. The number of rotatable bonds is 9. The van der Waals surface area contributed by atoms with Gasteiger partial charge in [-0.3, -0.25) is 29.4 Å². The maximum Gasteiger partial charge on any atom is 0.258 e. The minimum absolute atomic E-state index is 0.221. The number of hydrogen-bond acceptors (Lipinski definition) is 9. The number of halogens is 4. The van der Waals surface area contributed by atoms with E-state index in [4.69, 9.17) is 33.9 Å². The van der Waals surface area contributed by atoms with Crippen molar-refractivity contribution in [1.29, 1.82) is 0 Å². The topological polar surface area (TPSA) is 132 Å². The molecule has 3 aromatic rings. The fraction of sp³-hybridized carbons (Fsp3) is 0.500. The molecule has 5 aliphatic rings. The van der Waals surface area contributed by atoms with Crippen molar-refractivity contribution >= 4 is 52.4 Å². The van der Waals surface area contributed by atoms with E-state index >= 15 is 13.2 Å². The summed E-state index contributed by atoms with van der Waals surface area (Å²) in [4.78, 5) is 61.5. The van der Waals surface area contributed by atoms with Crippen LogP contribution in [0.4, 0.5) is 30.4 Å². The number of fused-ring (bicyclic) bond motifs is 1. The second-order valence-corrected chi connectivity index (χ2v) is 17.5. The zero-order valence-electron chi connectivity index (χ0n) is 41.7. The normalized spacial score (nSPS) is 29.1. The van der Waals surface area contributed by atoms with Crippen molar-refractivity contribution in [3.8, 4) is 5.75 Å². The highest BCUT2D eigenvalue weighted by molar-refractivity contribution is 6.33. The highest BCUT2D eigenvalue weighted by Gasteiger charge is 2.64. The Kier molecular flexibility index (Phi) is 8.80. The lowest BCUT2D eigenvalue weighted by Gasteiger charge is -2.63. The van der Waals surface area contributed by atoms with Crippen LogP contribution in [0.5, 0.6) is 5.75 Å². The number of carbonyl (C=O) groups is 4. The highest BCUT2D eigenvalue weighted by Crippen LogP contribution is 2.56. The molecule has 3 saturated heterocycles. The Bertz CT molecular complexity index is 2660. The third-order valence-corrected chi connectivity index (χ3v) is 12.7. The van der Waals surface area contributed by atoms with Gasteiger partial charge in [0.05, 0.1) is 34.7 Å². The standard InChI is InChI=1S/C44H48ClF3N8O5/c1-43(2)41(44(3,4)42(43)61-26-7-8-29(49-5)28(45)20-26)52-38(58)25-6-10-31(50-21-25)54-14-12-24(13-15-54)22-53-16-18-55(19-17-53)37-34(46)27-23-56(30-9-11-32(57)51-39(30)59)40(60)33(27)35(47)36(37)48/h6-8,10,20-21,24,30,41-42H,9,11-19,22-23H2,1-4H3,(H,52,58)(H,51,57,59)/i16D2,17D2,18D2,19D2. The van der Waals surface area contributed by atoms with Gasteiger partial charge in [-0.1, -0.05) is 45.4 Å². The number of amides is 4. The van der Waals surface area contributed by atoms with E-state index in [1.807, 2.05) is 37.9 Å². The second-order valence-electron chi connectivity index (χ2n) is 17.0. The first-order valence-corrected chi connectivity index (χ1v) is 20.2. The minimum atomic E-state index is -3.80. The van der Waals surface area contributed by atoms with Gasteiger partial charge < -0.3 is 24.8 Å². The van der Waals surface area contributed by atoms with Gasteiger partial charge in [-0.2, -0.15) is 0 Å². The molecule has 0 spiro atoms. The smallest absolute Gasteiger partial charge is 0.258 e. The van der Waals surface area contributed by atoms with Crippen molar-refractivity contribution in [2.24, 2.45) is 16.7 Å². The van der Waals surface area contributed by atoms with Crippen LogP contribution in [0.25, 0.3) is 4.85 Å². The minimum Gasteiger partial charge on any atom is -0.489 e. The van der Waals surface area contributed by atoms with Crippen molar-refractivity contribution in [3.05, 3.63) is 87.1 Å². The predicted octanol–water partition coefficient (Wildman–Crippen LogP) is 6.11. The van der Waals surface area contributed by atoms with Crippen molar-refractivity contribution in [2.75, 3.05) is 55.4 Å². The number of hydrogen-bond donors (Lipinski definition) is 2. The highest BCUT2D eigenvalue weighted by atomic mass is 35.5. The summed E-state index contributed by atoms with van der Waals surface area (Å²) in [6.45, 7) is -0.311. The summed E-state index contributed by atoms with van der Waals surface area (Å²) in [7, 11) is 0. The molecular weight excluding hydrogens is 813 g/mol. The number of benzene rings is 2. The van der Waals surface area contributed by atoms with Crippen LogP contribution in [0.2, 0.25) is 5.02 Å². The fourth-order valence-corrected chi connectivity index (χ4v) is 9.68. The van der Waals surface area contributed by atoms with E-state index in [1.165, 1.54) is 6.20 Å². The van der Waals surface area contributed by atoms with E-state index in [-0.39, 0.29) is 48.8 Å². The van der Waals surface area contributed by atoms with Crippen molar-refractivity contribution < 1.29 is 48.1 Å². The summed E-state index contributed by atoms with van der Waals surface area (Å²) in [5, 5.41) is 5.41. The Morgan fingerprint density at radius 2 is 1.70 bits per heavy atom. The number of carbonyl (C=O) groups excluding carboxylic acids is 4. The number of piperidine rings is 2. The Hall–Kier alpha value is -5.40. The van der Waals surface area contributed by atoms with Crippen LogP contribution >= 0.6 is 11.6 Å². The summed E-state index contributed by atoms with van der Waals surface area (Å²) >= 11 is 6.23. The maximum atomic E-state index is 16.6. The summed E-state index contributed by atoms with van der Waals surface area (Å²) < 4.78 is 126. The molecule has 1 atom stereocenters. The molecule has 1 saturated carbocycles. The first kappa shape index (κ1) is 33.3. The molecule has 8 rings (SSSR count). The quantitative estimate of drug-likeness (QED) is 0.149. The zero-order chi connectivity index (χ0) is 50.7. The molecule has 13 nitrogen and oxygen atoms in total. The number of anilines is 2. The van der Waals surface area contributed by atoms with E-state index in [0.717, 1.165) is 0 Å². The number of imide groups is 1. The summed E-state index contributed by atoms with van der Waals surface area (Å²) in [5.74, 6) is -8.99. The largest absolute Gasteiger partial charge is 0.489 e. The summed E-state index contributed by atoms with van der Waals surface area (Å²) in [5.41, 5.74) is -4.23. The lowest BCUT2D eigenvalue weighted by molar-refractivity contribution is -0.164. The number of aromatic nitrogens is 1. The number of piperazine rings is 1. The molecule has 1 aromatic heterocycles. The number of pyridine rings is 1. The van der Waals surface area contributed by atoms with E-state index in [0.29, 0.717) is 45.7 Å². The van der Waals surface area contributed by atoms with E-state index in [9.17, 15) is 19.2 Å². The van der Waals surface area contributed by atoms with Gasteiger partial charge in [-0.15, -0.1) is 0 Å². The third-order valence-electron chi connectivity index (χ3n) is 12.4. The number of ether oxygens (including phenoxy) is 1. The SMILES string of the molecule is [2H]C1([2H])N(CC2CCN(c3ccc(C(=O)NC4C(C)(C)C(Oc5ccc([N+]#[C-])c(Cl)c5)C4(C)C)cn3)CC2)C([2H])([2H])C([2H])([2H])N(c2c(F)c(F)c3c(c2F)CN(C2CCC(=O)NC2=O)C3=O)C1([2H])[2H]. The van der Waals surface area contributed by atoms with E-state index < -0.39 is 119 Å².